The molecular formula is C32H22N4. The van der Waals surface area contributed by atoms with Gasteiger partial charge in [0.15, 0.2) is 0 Å². The Morgan fingerprint density at radius 2 is 1.64 bits per heavy atom. The first-order valence-electron chi connectivity index (χ1n) is 11.6. The van der Waals surface area contributed by atoms with Gasteiger partial charge < -0.3 is 4.57 Å². The molecule has 0 fully saturated rings. The molecule has 0 bridgehead atoms. The molecule has 5 aromatic rings. The molecule has 0 aliphatic carbocycles. The first-order valence-corrected chi connectivity index (χ1v) is 11.6. The van der Waals surface area contributed by atoms with Crippen LogP contribution in [0.5, 0.6) is 0 Å². The third kappa shape index (κ3) is 3.88. The highest BCUT2D eigenvalue weighted by molar-refractivity contribution is 5.92. The van der Waals surface area contributed by atoms with Crippen LogP contribution in [0.2, 0.25) is 0 Å². The predicted octanol–water partition coefficient (Wildman–Crippen LogP) is 7.61. The summed E-state index contributed by atoms with van der Waals surface area (Å²) >= 11 is 0. The molecule has 0 radical (unpaired) electrons. The van der Waals surface area contributed by atoms with E-state index in [-0.39, 0.29) is 0 Å². The molecule has 0 spiro atoms. The van der Waals surface area contributed by atoms with Crippen molar-refractivity contribution >= 4 is 17.0 Å². The maximum absolute atomic E-state index is 9.55. The molecule has 4 heteroatoms. The number of nitriles is 2. The molecule has 0 amide bonds. The molecule has 0 atom stereocenters. The summed E-state index contributed by atoms with van der Waals surface area (Å²) in [5.74, 6) is 0. The zero-order chi connectivity index (χ0) is 25.1. The number of aromatic nitrogens is 2. The van der Waals surface area contributed by atoms with Crippen LogP contribution < -0.4 is 0 Å². The van der Waals surface area contributed by atoms with E-state index in [2.05, 4.69) is 65.5 Å². The van der Waals surface area contributed by atoms with E-state index in [1.54, 1.807) is 12.3 Å². The first kappa shape index (κ1) is 22.6. The van der Waals surface area contributed by atoms with Crippen molar-refractivity contribution < 1.29 is 0 Å². The lowest BCUT2D eigenvalue weighted by Crippen LogP contribution is -2.00. The van der Waals surface area contributed by atoms with E-state index >= 15 is 0 Å². The molecule has 0 saturated carbocycles. The Morgan fingerprint density at radius 3 is 2.42 bits per heavy atom. The lowest BCUT2D eigenvalue weighted by Gasteiger charge is -2.16. The Bertz CT molecular complexity index is 1740. The van der Waals surface area contributed by atoms with Crippen molar-refractivity contribution in [2.75, 3.05) is 0 Å². The van der Waals surface area contributed by atoms with Crippen LogP contribution in [0.25, 0.3) is 44.9 Å². The smallest absolute Gasteiger partial charge is 0.148 e. The summed E-state index contributed by atoms with van der Waals surface area (Å²) in [7, 11) is 0. The minimum absolute atomic E-state index is 0.403. The standard InChI is InChI=1S/C32H22N4/c1-3-4-13-30-22(2)28-18-23(20-33)15-16-32(28)36(30)31-14-6-5-11-27(31)25-10-7-9-24(19-25)26-12-8-17-35-29(26)21-34/h3-19H,1H2,2H3/b13-4-. The highest BCUT2D eigenvalue weighted by atomic mass is 15.0. The van der Waals surface area contributed by atoms with E-state index in [1.165, 1.54) is 0 Å². The maximum atomic E-state index is 9.55. The second-order valence-corrected chi connectivity index (χ2v) is 8.39. The summed E-state index contributed by atoms with van der Waals surface area (Å²) < 4.78 is 2.23. The fourth-order valence-electron chi connectivity index (χ4n) is 4.65. The fraction of sp³-hybridized carbons (Fsp3) is 0.0312. The Kier molecular flexibility index (Phi) is 6.02. The second-order valence-electron chi connectivity index (χ2n) is 8.39. The van der Waals surface area contributed by atoms with Crippen molar-refractivity contribution in [1.82, 2.24) is 9.55 Å². The molecule has 2 heterocycles. The van der Waals surface area contributed by atoms with Gasteiger partial charge in [-0.15, -0.1) is 0 Å². The molecule has 36 heavy (non-hydrogen) atoms. The normalized spacial score (nSPS) is 10.9. The molecule has 4 nitrogen and oxygen atoms in total. The average molecular weight is 463 g/mol. The summed E-state index contributed by atoms with van der Waals surface area (Å²) in [6, 6.07) is 30.5. The topological polar surface area (TPSA) is 65.4 Å². The molecular weight excluding hydrogens is 440 g/mol. The summed E-state index contributed by atoms with van der Waals surface area (Å²) in [5, 5.41) is 20.1. The molecule has 3 aromatic carbocycles. The van der Waals surface area contributed by atoms with Crippen LogP contribution in [0.3, 0.4) is 0 Å². The minimum Gasteiger partial charge on any atom is -0.309 e. The number of benzene rings is 3. The fourth-order valence-corrected chi connectivity index (χ4v) is 4.65. The minimum atomic E-state index is 0.403. The number of allylic oxidation sites excluding steroid dienone is 2. The van der Waals surface area contributed by atoms with Gasteiger partial charge in [0, 0.05) is 28.4 Å². The van der Waals surface area contributed by atoms with Crippen molar-refractivity contribution in [2.24, 2.45) is 0 Å². The van der Waals surface area contributed by atoms with Crippen LogP contribution in [-0.4, -0.2) is 9.55 Å². The molecule has 2 aromatic heterocycles. The van der Waals surface area contributed by atoms with Crippen molar-refractivity contribution in [3.8, 4) is 40.1 Å². The summed E-state index contributed by atoms with van der Waals surface area (Å²) in [5.41, 5.74) is 9.03. The average Bonchev–Trinajstić information content (AvgIpc) is 3.22. The number of para-hydroxylation sites is 1. The van der Waals surface area contributed by atoms with E-state index in [4.69, 9.17) is 0 Å². The van der Waals surface area contributed by atoms with E-state index in [0.29, 0.717) is 11.3 Å². The molecule has 0 N–H and O–H groups in total. The van der Waals surface area contributed by atoms with Crippen LogP contribution in [0.15, 0.2) is 104 Å². The van der Waals surface area contributed by atoms with Gasteiger partial charge in [0.1, 0.15) is 11.8 Å². The van der Waals surface area contributed by atoms with Gasteiger partial charge in [-0.3, -0.25) is 0 Å². The largest absolute Gasteiger partial charge is 0.309 e. The zero-order valence-electron chi connectivity index (χ0n) is 19.8. The quantitative estimate of drug-likeness (QED) is 0.252. The third-order valence-electron chi connectivity index (χ3n) is 6.33. The van der Waals surface area contributed by atoms with Crippen molar-refractivity contribution in [3.63, 3.8) is 0 Å². The predicted molar refractivity (Wildman–Crippen MR) is 145 cm³/mol. The Hall–Kier alpha value is -5.19. The number of rotatable bonds is 5. The number of hydrogen-bond donors (Lipinski definition) is 0. The van der Waals surface area contributed by atoms with Gasteiger partial charge in [-0.05, 0) is 72.2 Å². The zero-order valence-corrected chi connectivity index (χ0v) is 19.8. The molecule has 5 rings (SSSR count). The van der Waals surface area contributed by atoms with Crippen LogP contribution in [0.4, 0.5) is 0 Å². The van der Waals surface area contributed by atoms with Gasteiger partial charge >= 0.3 is 0 Å². The molecule has 170 valence electrons. The lowest BCUT2D eigenvalue weighted by molar-refractivity contribution is 1.10. The molecule has 0 unspecified atom stereocenters. The van der Waals surface area contributed by atoms with E-state index in [0.717, 1.165) is 50.1 Å². The van der Waals surface area contributed by atoms with Crippen LogP contribution >= 0.6 is 0 Å². The maximum Gasteiger partial charge on any atom is 0.148 e. The number of nitrogens with zero attached hydrogens (tertiary/aromatic N) is 4. The van der Waals surface area contributed by atoms with Crippen LogP contribution in [-0.2, 0) is 0 Å². The number of pyridine rings is 1. The van der Waals surface area contributed by atoms with Crippen LogP contribution in [0.1, 0.15) is 22.5 Å². The van der Waals surface area contributed by atoms with Crippen LogP contribution in [0, 0.1) is 29.6 Å². The van der Waals surface area contributed by atoms with Gasteiger partial charge in [0.25, 0.3) is 0 Å². The summed E-state index contributed by atoms with van der Waals surface area (Å²) in [4.78, 5) is 4.23. The Balaban J connectivity index is 1.77. The number of hydrogen-bond acceptors (Lipinski definition) is 3. The second kappa shape index (κ2) is 9.58. The lowest BCUT2D eigenvalue weighted by atomic mass is 9.97. The molecule has 0 aliphatic rings. The Morgan fingerprint density at radius 1 is 0.861 bits per heavy atom. The SMILES string of the molecule is C=C/C=C\c1c(C)c2cc(C#N)ccc2n1-c1ccccc1-c1cccc(-c2cccnc2C#N)c1. The van der Waals surface area contributed by atoms with Gasteiger partial charge in [-0.2, -0.15) is 10.5 Å². The van der Waals surface area contributed by atoms with Gasteiger partial charge in [-0.1, -0.05) is 55.1 Å². The van der Waals surface area contributed by atoms with Gasteiger partial charge in [0.05, 0.1) is 22.8 Å². The highest BCUT2D eigenvalue weighted by Gasteiger charge is 2.17. The first-order chi connectivity index (χ1) is 17.7. The van der Waals surface area contributed by atoms with E-state index in [9.17, 15) is 10.5 Å². The van der Waals surface area contributed by atoms with Crippen molar-refractivity contribution in [1.29, 1.82) is 10.5 Å². The highest BCUT2D eigenvalue weighted by Crippen LogP contribution is 2.36. The molecule has 0 aliphatic heterocycles. The monoisotopic (exact) mass is 462 g/mol. The van der Waals surface area contributed by atoms with Gasteiger partial charge in [-0.25, -0.2) is 4.98 Å². The number of aryl methyl sites for hydroxylation is 1. The van der Waals surface area contributed by atoms with Crippen molar-refractivity contribution in [2.45, 2.75) is 6.92 Å². The summed E-state index contributed by atoms with van der Waals surface area (Å²) in [6.07, 6.45) is 7.38. The van der Waals surface area contributed by atoms with E-state index in [1.807, 2.05) is 60.7 Å². The van der Waals surface area contributed by atoms with E-state index < -0.39 is 0 Å². The summed E-state index contributed by atoms with van der Waals surface area (Å²) in [6.45, 7) is 5.92. The van der Waals surface area contributed by atoms with Gasteiger partial charge in [0.2, 0.25) is 0 Å². The molecule has 0 saturated heterocycles. The third-order valence-corrected chi connectivity index (χ3v) is 6.33. The Labute approximate surface area is 210 Å². The van der Waals surface area contributed by atoms with Crippen molar-refractivity contribution in [3.05, 3.63) is 126 Å². The number of fused-ring (bicyclic) bond motifs is 1.